The number of benzene rings is 3. The van der Waals surface area contributed by atoms with Gasteiger partial charge in [-0.05, 0) is 92.3 Å². The summed E-state index contributed by atoms with van der Waals surface area (Å²) in [7, 11) is -4.82. The van der Waals surface area contributed by atoms with Crippen LogP contribution in [0, 0.1) is 19.3 Å². The van der Waals surface area contributed by atoms with Gasteiger partial charge in [0, 0.05) is 18.0 Å². The third-order valence-corrected chi connectivity index (χ3v) is 11.0. The largest absolute Gasteiger partial charge is 0.487 e. The fourth-order valence-corrected chi connectivity index (χ4v) is 9.05. The van der Waals surface area contributed by atoms with Crippen LogP contribution in [0.15, 0.2) is 59.5 Å². The fourth-order valence-electron chi connectivity index (χ4n) is 6.95. The molecule has 0 fully saturated rings. The van der Waals surface area contributed by atoms with Gasteiger partial charge in [-0.3, -0.25) is 5.41 Å². The average molecular weight is 663 g/mol. The van der Waals surface area contributed by atoms with Gasteiger partial charge in [0.1, 0.15) is 24.0 Å². The first kappa shape index (κ1) is 33.8. The first-order valence-electron chi connectivity index (χ1n) is 15.7. The molecule has 5 rings (SSSR count). The van der Waals surface area contributed by atoms with Crippen LogP contribution in [-0.2, 0) is 19.6 Å². The number of carboxylic acids is 1. The summed E-state index contributed by atoms with van der Waals surface area (Å²) in [5, 5.41) is 20.4. The number of hydrogen-bond donors (Lipinski definition) is 4. The van der Waals surface area contributed by atoms with Crippen LogP contribution >= 0.6 is 0 Å². The van der Waals surface area contributed by atoms with Crippen molar-refractivity contribution in [3.8, 4) is 16.9 Å². The molecule has 1 aliphatic carbocycles. The van der Waals surface area contributed by atoms with Gasteiger partial charge in [0.2, 0.25) is 0 Å². The molecular formula is C35H42N4O7S. The lowest BCUT2D eigenvalue weighted by molar-refractivity contribution is -0.141. The van der Waals surface area contributed by atoms with Crippen molar-refractivity contribution in [1.82, 2.24) is 9.62 Å². The molecule has 2 aliphatic rings. The highest BCUT2D eigenvalue weighted by molar-refractivity contribution is 7.89. The lowest BCUT2D eigenvalue weighted by Crippen LogP contribution is -2.50. The highest BCUT2D eigenvalue weighted by Crippen LogP contribution is 2.47. The molecule has 12 heteroatoms. The second-order valence-corrected chi connectivity index (χ2v) is 14.7. The summed E-state index contributed by atoms with van der Waals surface area (Å²) in [4.78, 5) is 26.8. The van der Waals surface area contributed by atoms with Crippen LogP contribution in [0.4, 0.5) is 4.79 Å². The Morgan fingerprint density at radius 1 is 1.13 bits per heavy atom. The highest BCUT2D eigenvalue weighted by atomic mass is 32.2. The van der Waals surface area contributed by atoms with Gasteiger partial charge >= 0.3 is 12.1 Å². The number of fused-ring (bicyclic) bond motifs is 4. The minimum absolute atomic E-state index is 0.108. The Morgan fingerprint density at radius 2 is 1.72 bits per heavy atom. The molecule has 0 spiro atoms. The number of carbonyl (C=O) groups is 2. The Balaban J connectivity index is 1.57. The molecule has 0 bridgehead atoms. The molecule has 1 amide bonds. The molecule has 3 aromatic carbocycles. The number of sulfonamides is 1. The monoisotopic (exact) mass is 662 g/mol. The maximum Gasteiger partial charge on any atom is 0.424 e. The van der Waals surface area contributed by atoms with Crippen LogP contribution in [0.3, 0.4) is 0 Å². The number of rotatable bonds is 10. The Kier molecular flexibility index (Phi) is 9.27. The SMILES string of the molecule is Cc1cc2c(c(S(=O)(=O)N(C(=O)OCC3c4ccccc4-c4ccccc43)[C@@H](CCCNC(=N)N)C(=O)O)c1C)C(C)CC(C)(C)O2. The smallest absolute Gasteiger partial charge is 0.424 e. The number of carboxylic acid groups (broad SMARTS) is 1. The van der Waals surface area contributed by atoms with E-state index < -0.39 is 33.7 Å². The van der Waals surface area contributed by atoms with E-state index in [1.165, 1.54) is 0 Å². The van der Waals surface area contributed by atoms with Crippen molar-refractivity contribution >= 4 is 28.0 Å². The number of nitrogens with one attached hydrogen (secondary N) is 2. The van der Waals surface area contributed by atoms with Crippen LogP contribution in [0.5, 0.6) is 5.75 Å². The van der Waals surface area contributed by atoms with E-state index in [0.29, 0.717) is 33.2 Å². The van der Waals surface area contributed by atoms with Crippen molar-refractivity contribution < 1.29 is 32.6 Å². The van der Waals surface area contributed by atoms with Gasteiger partial charge in [-0.1, -0.05) is 55.5 Å². The predicted octanol–water partition coefficient (Wildman–Crippen LogP) is 5.62. The summed E-state index contributed by atoms with van der Waals surface area (Å²) >= 11 is 0. The van der Waals surface area contributed by atoms with Crippen LogP contribution < -0.4 is 15.8 Å². The summed E-state index contributed by atoms with van der Waals surface area (Å²) in [5.41, 5.74) is 10.1. The van der Waals surface area contributed by atoms with Gasteiger partial charge in [0.05, 0.1) is 4.90 Å². The zero-order chi connectivity index (χ0) is 34.3. The predicted molar refractivity (Wildman–Crippen MR) is 178 cm³/mol. The zero-order valence-electron chi connectivity index (χ0n) is 27.3. The molecule has 0 aromatic heterocycles. The van der Waals surface area contributed by atoms with Gasteiger partial charge in [0.15, 0.2) is 5.96 Å². The normalized spacial score (nSPS) is 17.0. The number of aryl methyl sites for hydroxylation is 1. The quantitative estimate of drug-likeness (QED) is 0.122. The molecule has 250 valence electrons. The van der Waals surface area contributed by atoms with E-state index in [4.69, 9.17) is 20.6 Å². The number of guanidine groups is 1. The Labute approximate surface area is 275 Å². The van der Waals surface area contributed by atoms with E-state index in [0.717, 1.165) is 22.3 Å². The fraction of sp³-hybridized carbons (Fsp3) is 0.400. The Morgan fingerprint density at radius 3 is 2.30 bits per heavy atom. The third-order valence-electron chi connectivity index (χ3n) is 9.04. The Hall–Kier alpha value is -4.58. The van der Waals surface area contributed by atoms with Gasteiger partial charge in [-0.15, -0.1) is 0 Å². The molecule has 0 saturated carbocycles. The number of amides is 1. The van der Waals surface area contributed by atoms with Crippen molar-refractivity contribution in [3.05, 3.63) is 82.4 Å². The highest BCUT2D eigenvalue weighted by Gasteiger charge is 2.46. The number of nitrogens with two attached hydrogens (primary N) is 1. The van der Waals surface area contributed by atoms with Gasteiger partial charge in [0.25, 0.3) is 10.0 Å². The molecule has 11 nitrogen and oxygen atoms in total. The molecular weight excluding hydrogens is 620 g/mol. The molecule has 5 N–H and O–H groups in total. The summed E-state index contributed by atoms with van der Waals surface area (Å²) in [6, 6.07) is 15.5. The van der Waals surface area contributed by atoms with Gasteiger partial charge < -0.3 is 25.6 Å². The molecule has 1 unspecified atom stereocenters. The van der Waals surface area contributed by atoms with Gasteiger partial charge in [-0.2, -0.15) is 4.31 Å². The zero-order valence-corrected chi connectivity index (χ0v) is 28.1. The first-order valence-corrected chi connectivity index (χ1v) is 17.1. The van der Waals surface area contributed by atoms with Crippen LogP contribution in [0.25, 0.3) is 11.1 Å². The van der Waals surface area contributed by atoms with E-state index >= 15 is 0 Å². The van der Waals surface area contributed by atoms with Crippen molar-refractivity contribution in [2.75, 3.05) is 13.2 Å². The molecule has 47 heavy (non-hydrogen) atoms. The van der Waals surface area contributed by atoms with Crippen LogP contribution in [-0.4, -0.2) is 60.6 Å². The molecule has 1 aliphatic heterocycles. The van der Waals surface area contributed by atoms with Crippen molar-refractivity contribution in [2.45, 2.75) is 82.3 Å². The molecule has 2 atom stereocenters. The topological polar surface area (TPSA) is 172 Å². The number of aliphatic carboxylic acids is 1. The van der Waals surface area contributed by atoms with E-state index in [1.807, 2.05) is 69.3 Å². The first-order chi connectivity index (χ1) is 22.1. The van der Waals surface area contributed by atoms with E-state index in [1.54, 1.807) is 19.9 Å². The van der Waals surface area contributed by atoms with Crippen molar-refractivity contribution in [2.24, 2.45) is 5.73 Å². The maximum atomic E-state index is 14.8. The van der Waals surface area contributed by atoms with E-state index in [2.05, 4.69) is 5.32 Å². The van der Waals surface area contributed by atoms with E-state index in [-0.39, 0.29) is 48.7 Å². The second kappa shape index (κ2) is 12.9. The summed E-state index contributed by atoms with van der Waals surface area (Å²) in [5.74, 6) is -2.07. The van der Waals surface area contributed by atoms with E-state index in [9.17, 15) is 23.1 Å². The van der Waals surface area contributed by atoms with Crippen LogP contribution in [0.2, 0.25) is 0 Å². The number of ether oxygens (including phenoxy) is 2. The summed E-state index contributed by atoms with van der Waals surface area (Å²) < 4.78 is 42.1. The third kappa shape index (κ3) is 6.51. The second-order valence-electron chi connectivity index (χ2n) is 13.0. The van der Waals surface area contributed by atoms with Crippen LogP contribution in [0.1, 0.15) is 79.7 Å². The number of nitrogens with zero attached hydrogens (tertiary/aromatic N) is 1. The minimum Gasteiger partial charge on any atom is -0.487 e. The van der Waals surface area contributed by atoms with Crippen molar-refractivity contribution in [1.29, 1.82) is 5.41 Å². The molecule has 3 aromatic rings. The lowest BCUT2D eigenvalue weighted by Gasteiger charge is -2.39. The summed E-state index contributed by atoms with van der Waals surface area (Å²) in [6.45, 7) is 9.06. The molecule has 0 saturated heterocycles. The van der Waals surface area contributed by atoms with Gasteiger partial charge in [-0.25, -0.2) is 18.0 Å². The lowest BCUT2D eigenvalue weighted by atomic mass is 9.84. The van der Waals surface area contributed by atoms with Crippen molar-refractivity contribution in [3.63, 3.8) is 0 Å². The standard InChI is InChI=1S/C35H42N4O7S/c1-20-17-29-30(21(2)18-35(4,5)46-29)31(22(20)3)47(43,44)39(28(32(40)41)15-10-16-38-33(36)37)34(42)45-19-27-25-13-8-6-11-23(25)24-12-7-9-14-26(24)27/h6-9,11-14,17,21,27-28H,10,15-16,18-19H2,1-5H3,(H,40,41)(H4,36,37,38)/t21?,28-/m0/s1. The number of carbonyl (C=O) groups excluding carboxylic acids is 1. The summed E-state index contributed by atoms with van der Waals surface area (Å²) in [6.07, 6.45) is -0.906. The maximum absolute atomic E-state index is 14.8. The number of hydrogen-bond acceptors (Lipinski definition) is 7. The Bertz CT molecular complexity index is 1790. The minimum atomic E-state index is -4.82. The molecule has 0 radical (unpaired) electrons. The average Bonchev–Trinajstić information content (AvgIpc) is 3.31. The molecule has 1 heterocycles.